The van der Waals surface area contributed by atoms with Crippen LogP contribution in [0.3, 0.4) is 0 Å². The molecule has 2 aromatic carbocycles. The largest absolute Gasteiger partial charge is 0.497 e. The molecular weight excluding hydrogens is 352 g/mol. The number of ketones is 2. The topological polar surface area (TPSA) is 68.3 Å². The van der Waals surface area contributed by atoms with Gasteiger partial charge in [0.25, 0.3) is 0 Å². The monoisotopic (exact) mass is 370 g/mol. The van der Waals surface area contributed by atoms with Crippen molar-refractivity contribution in [1.82, 2.24) is 10.3 Å². The number of ether oxygens (including phenoxy) is 1. The molecule has 28 heavy (non-hydrogen) atoms. The first-order chi connectivity index (χ1) is 13.7. The number of Topliss-reactive ketones (excluding diaryl/α,β-unsaturated/α-hetero) is 1. The van der Waals surface area contributed by atoms with Gasteiger partial charge >= 0.3 is 0 Å². The van der Waals surface area contributed by atoms with Crippen molar-refractivity contribution < 1.29 is 14.3 Å². The average Bonchev–Trinajstić information content (AvgIpc) is 2.76. The van der Waals surface area contributed by atoms with Crippen molar-refractivity contribution in [2.75, 3.05) is 7.11 Å². The van der Waals surface area contributed by atoms with Gasteiger partial charge in [-0.05, 0) is 35.9 Å². The summed E-state index contributed by atoms with van der Waals surface area (Å²) in [6.07, 6.45) is 2.84. The first-order valence-electron chi connectivity index (χ1n) is 8.88. The third-order valence-corrected chi connectivity index (χ3v) is 4.65. The molecular formula is C23H18N2O3. The van der Waals surface area contributed by atoms with Crippen molar-refractivity contribution in [2.24, 2.45) is 0 Å². The number of hydrogen-bond donors (Lipinski definition) is 1. The van der Waals surface area contributed by atoms with E-state index in [-0.39, 0.29) is 11.6 Å². The molecule has 0 spiro atoms. The van der Waals surface area contributed by atoms with Crippen LogP contribution < -0.4 is 10.1 Å². The summed E-state index contributed by atoms with van der Waals surface area (Å²) in [4.78, 5) is 29.8. The number of pyridine rings is 1. The first-order valence-corrected chi connectivity index (χ1v) is 8.88. The predicted octanol–water partition coefficient (Wildman–Crippen LogP) is 3.81. The minimum atomic E-state index is -0.223. The van der Waals surface area contributed by atoms with E-state index in [9.17, 15) is 9.59 Å². The second-order valence-corrected chi connectivity index (χ2v) is 6.43. The summed E-state index contributed by atoms with van der Waals surface area (Å²) in [5.74, 6) is 0.312. The fourth-order valence-corrected chi connectivity index (χ4v) is 3.10. The van der Waals surface area contributed by atoms with Gasteiger partial charge < -0.3 is 10.1 Å². The van der Waals surface area contributed by atoms with E-state index < -0.39 is 0 Å². The summed E-state index contributed by atoms with van der Waals surface area (Å²) in [6, 6.07) is 18.8. The van der Waals surface area contributed by atoms with Crippen molar-refractivity contribution in [3.63, 3.8) is 0 Å². The maximum Gasteiger partial charge on any atom is 0.211 e. The first kappa shape index (κ1) is 17.7. The Kier molecular flexibility index (Phi) is 4.72. The molecule has 1 aliphatic rings. The Morgan fingerprint density at radius 1 is 0.964 bits per heavy atom. The molecule has 1 heterocycles. The van der Waals surface area contributed by atoms with Crippen molar-refractivity contribution in [3.05, 3.63) is 95.3 Å². The molecule has 5 nitrogen and oxygen atoms in total. The van der Waals surface area contributed by atoms with Crippen LogP contribution in [0, 0.1) is 0 Å². The van der Waals surface area contributed by atoms with Crippen LogP contribution in [0.2, 0.25) is 0 Å². The molecule has 5 heteroatoms. The Morgan fingerprint density at radius 2 is 1.71 bits per heavy atom. The quantitative estimate of drug-likeness (QED) is 0.740. The number of hydrogen-bond acceptors (Lipinski definition) is 5. The highest BCUT2D eigenvalue weighted by Crippen LogP contribution is 2.26. The summed E-state index contributed by atoms with van der Waals surface area (Å²) < 4.78 is 5.16. The van der Waals surface area contributed by atoms with Crippen LogP contribution in [0.4, 0.5) is 0 Å². The zero-order valence-electron chi connectivity index (χ0n) is 15.3. The minimum Gasteiger partial charge on any atom is -0.497 e. The molecule has 1 aliphatic carbocycles. The molecule has 0 radical (unpaired) electrons. The number of nitrogens with one attached hydrogen (secondary N) is 1. The van der Waals surface area contributed by atoms with Crippen molar-refractivity contribution in [2.45, 2.75) is 6.54 Å². The zero-order valence-corrected chi connectivity index (χ0v) is 15.3. The van der Waals surface area contributed by atoms with E-state index in [4.69, 9.17) is 4.74 Å². The number of rotatable bonds is 5. The second kappa shape index (κ2) is 7.48. The van der Waals surface area contributed by atoms with E-state index in [1.165, 1.54) is 12.3 Å². The van der Waals surface area contributed by atoms with Gasteiger partial charge in [0.15, 0.2) is 5.78 Å². The number of carbonyl (C=O) groups excluding carboxylic acids is 2. The van der Waals surface area contributed by atoms with Gasteiger partial charge in [-0.3, -0.25) is 14.6 Å². The lowest BCUT2D eigenvalue weighted by Crippen LogP contribution is -2.26. The maximum atomic E-state index is 12.8. The Bertz CT molecular complexity index is 1070. The molecule has 0 fully saturated rings. The standard InChI is InChI=1S/C23H18N2O3/c1-28-17-9-7-16(8-10-17)20-11-18-19(14-25-20)23(27)21(12-22(18)26)24-13-15-5-3-2-4-6-15/h2-12,14,24H,13H2,1H3. The number of fused-ring (bicyclic) bond motifs is 1. The molecule has 4 rings (SSSR count). The van der Waals surface area contributed by atoms with Gasteiger partial charge in [0.1, 0.15) is 5.75 Å². The molecule has 0 amide bonds. The number of aromatic nitrogens is 1. The zero-order chi connectivity index (χ0) is 19.5. The molecule has 0 saturated heterocycles. The third-order valence-electron chi connectivity index (χ3n) is 4.65. The highest BCUT2D eigenvalue weighted by Gasteiger charge is 2.26. The molecule has 0 aliphatic heterocycles. The Hall–Kier alpha value is -3.73. The van der Waals surface area contributed by atoms with Gasteiger partial charge in [0, 0.05) is 29.9 Å². The van der Waals surface area contributed by atoms with Crippen LogP contribution in [0.25, 0.3) is 11.3 Å². The van der Waals surface area contributed by atoms with Crippen LogP contribution in [0.1, 0.15) is 26.3 Å². The van der Waals surface area contributed by atoms with E-state index >= 15 is 0 Å². The number of carbonyl (C=O) groups is 2. The van der Waals surface area contributed by atoms with Crippen molar-refractivity contribution in [3.8, 4) is 17.0 Å². The summed E-state index contributed by atoms with van der Waals surface area (Å²) in [5, 5.41) is 3.07. The number of nitrogens with zero attached hydrogens (tertiary/aromatic N) is 1. The van der Waals surface area contributed by atoms with Gasteiger partial charge in [-0.2, -0.15) is 0 Å². The minimum absolute atomic E-state index is 0.206. The molecule has 1 N–H and O–H groups in total. The predicted molar refractivity (Wildman–Crippen MR) is 106 cm³/mol. The lowest BCUT2D eigenvalue weighted by atomic mass is 9.92. The lowest BCUT2D eigenvalue weighted by Gasteiger charge is -2.17. The SMILES string of the molecule is COc1ccc(-c2cc3c(cn2)C(=O)C(NCc2ccccc2)=CC3=O)cc1. The van der Waals surface area contributed by atoms with E-state index in [1.807, 2.05) is 54.6 Å². The fraction of sp³-hybridized carbons (Fsp3) is 0.0870. The van der Waals surface area contributed by atoms with Crippen LogP contribution in [-0.2, 0) is 6.54 Å². The van der Waals surface area contributed by atoms with Gasteiger partial charge in [-0.25, -0.2) is 0 Å². The molecule has 3 aromatic rings. The fourth-order valence-electron chi connectivity index (χ4n) is 3.10. The van der Waals surface area contributed by atoms with E-state index in [1.54, 1.807) is 13.2 Å². The smallest absolute Gasteiger partial charge is 0.211 e. The van der Waals surface area contributed by atoms with Gasteiger partial charge in [-0.15, -0.1) is 0 Å². The molecule has 0 atom stereocenters. The van der Waals surface area contributed by atoms with E-state index in [0.29, 0.717) is 29.1 Å². The highest BCUT2D eigenvalue weighted by atomic mass is 16.5. The summed E-state index contributed by atoms with van der Waals surface area (Å²) in [6.45, 7) is 0.471. The molecule has 138 valence electrons. The van der Waals surface area contributed by atoms with Gasteiger partial charge in [0.05, 0.1) is 24.1 Å². The normalized spacial score (nSPS) is 13.0. The highest BCUT2D eigenvalue weighted by molar-refractivity contribution is 6.24. The number of methoxy groups -OCH3 is 1. The van der Waals surface area contributed by atoms with Crippen LogP contribution >= 0.6 is 0 Å². The molecule has 1 aromatic heterocycles. The maximum absolute atomic E-state index is 12.8. The van der Waals surface area contributed by atoms with E-state index in [2.05, 4.69) is 10.3 Å². The molecule has 0 saturated carbocycles. The summed E-state index contributed by atoms with van der Waals surface area (Å²) >= 11 is 0. The summed E-state index contributed by atoms with van der Waals surface area (Å²) in [5.41, 5.74) is 3.50. The van der Waals surface area contributed by atoms with Crippen LogP contribution in [0.15, 0.2) is 78.6 Å². The Labute approximate surface area is 162 Å². The third kappa shape index (κ3) is 3.42. The average molecular weight is 370 g/mol. The number of allylic oxidation sites excluding steroid dienone is 2. The summed E-state index contributed by atoms with van der Waals surface area (Å²) in [7, 11) is 1.60. The Morgan fingerprint density at radius 3 is 2.43 bits per heavy atom. The van der Waals surface area contributed by atoms with Gasteiger partial charge in [-0.1, -0.05) is 30.3 Å². The van der Waals surface area contributed by atoms with Crippen LogP contribution in [0.5, 0.6) is 5.75 Å². The lowest BCUT2D eigenvalue weighted by molar-refractivity contribution is 0.0977. The number of benzene rings is 2. The Balaban J connectivity index is 1.58. The van der Waals surface area contributed by atoms with Crippen molar-refractivity contribution in [1.29, 1.82) is 0 Å². The molecule has 0 unspecified atom stereocenters. The van der Waals surface area contributed by atoms with E-state index in [0.717, 1.165) is 16.9 Å². The van der Waals surface area contributed by atoms with Crippen LogP contribution in [-0.4, -0.2) is 23.7 Å². The van der Waals surface area contributed by atoms with Gasteiger partial charge in [0.2, 0.25) is 5.78 Å². The second-order valence-electron chi connectivity index (χ2n) is 6.43. The molecule has 0 bridgehead atoms. The van der Waals surface area contributed by atoms with Crippen molar-refractivity contribution >= 4 is 11.6 Å².